The van der Waals surface area contributed by atoms with E-state index in [9.17, 15) is 10.4 Å². The van der Waals surface area contributed by atoms with E-state index in [-0.39, 0.29) is 6.61 Å². The minimum absolute atomic E-state index is 0.0945. The average Bonchev–Trinajstić information content (AvgIpc) is 2.98. The highest BCUT2D eigenvalue weighted by Crippen LogP contribution is 2.37. The van der Waals surface area contributed by atoms with Crippen molar-refractivity contribution in [2.75, 3.05) is 31.7 Å². The van der Waals surface area contributed by atoms with Crippen LogP contribution in [0, 0.1) is 11.3 Å². The van der Waals surface area contributed by atoms with Crippen LogP contribution in [0.15, 0.2) is 49.1 Å². The molecule has 204 valence electrons. The van der Waals surface area contributed by atoms with Crippen molar-refractivity contribution in [3.8, 4) is 29.0 Å². The van der Waals surface area contributed by atoms with Gasteiger partial charge in [0.2, 0.25) is 5.88 Å². The topological polar surface area (TPSA) is 133 Å². The number of anilines is 1. The summed E-state index contributed by atoms with van der Waals surface area (Å²) in [6.45, 7) is 6.07. The maximum absolute atomic E-state index is 10.1. The zero-order valence-electron chi connectivity index (χ0n) is 22.7. The maximum Gasteiger partial charge on any atom is 0.212 e. The molecule has 1 aromatic carbocycles. The van der Waals surface area contributed by atoms with Gasteiger partial charge in [-0.1, -0.05) is 6.07 Å². The quantitative estimate of drug-likeness (QED) is 0.355. The number of rotatable bonds is 8. The van der Waals surface area contributed by atoms with Gasteiger partial charge in [0.15, 0.2) is 0 Å². The van der Waals surface area contributed by atoms with E-state index in [4.69, 9.17) is 19.4 Å². The lowest BCUT2D eigenvalue weighted by molar-refractivity contribution is -0.00879. The lowest BCUT2D eigenvalue weighted by Gasteiger charge is -2.56. The molecule has 0 aliphatic carbocycles. The number of methoxy groups -OCH3 is 1. The Labute approximate surface area is 232 Å². The molecular formula is C29H30N8O3. The van der Waals surface area contributed by atoms with Crippen LogP contribution in [0.4, 0.5) is 5.82 Å². The molecule has 0 saturated carbocycles. The number of aliphatic hydroxyl groups is 1. The first-order valence-corrected chi connectivity index (χ1v) is 13.2. The Morgan fingerprint density at radius 2 is 1.90 bits per heavy atom. The SMILES string of the molecule is COc1ccc(CN2C3CC2CN(c2cnc(-c4cc(OCC(C)(C)O)cc5nncc(C#N)c45)cn2)C3)cn1. The first-order valence-electron chi connectivity index (χ1n) is 13.2. The van der Waals surface area contributed by atoms with Crippen molar-refractivity contribution in [1.29, 1.82) is 5.26 Å². The van der Waals surface area contributed by atoms with Gasteiger partial charge in [0.1, 0.15) is 24.2 Å². The van der Waals surface area contributed by atoms with Gasteiger partial charge in [0.25, 0.3) is 0 Å². The molecule has 3 fully saturated rings. The second-order valence-corrected chi connectivity index (χ2v) is 10.9. The molecule has 40 heavy (non-hydrogen) atoms. The summed E-state index contributed by atoms with van der Waals surface area (Å²) in [5.74, 6) is 1.95. The highest BCUT2D eigenvalue weighted by atomic mass is 16.5. The van der Waals surface area contributed by atoms with Crippen molar-refractivity contribution < 1.29 is 14.6 Å². The van der Waals surface area contributed by atoms with Crippen molar-refractivity contribution in [2.45, 2.75) is 44.5 Å². The number of fused-ring (bicyclic) bond motifs is 3. The molecule has 7 rings (SSSR count). The summed E-state index contributed by atoms with van der Waals surface area (Å²) in [6, 6.07) is 10.6. The number of hydrogen-bond acceptors (Lipinski definition) is 11. The molecule has 6 heterocycles. The molecule has 2 atom stereocenters. The second-order valence-electron chi connectivity index (χ2n) is 10.9. The lowest BCUT2D eigenvalue weighted by atomic mass is 9.87. The van der Waals surface area contributed by atoms with Crippen molar-refractivity contribution in [1.82, 2.24) is 30.0 Å². The highest BCUT2D eigenvalue weighted by molar-refractivity contribution is 5.98. The molecule has 0 radical (unpaired) electrons. The minimum atomic E-state index is -1.01. The number of piperidine rings is 1. The van der Waals surface area contributed by atoms with Crippen LogP contribution in [0.25, 0.3) is 22.2 Å². The van der Waals surface area contributed by atoms with Crippen LogP contribution in [0.3, 0.4) is 0 Å². The number of nitrogens with zero attached hydrogens (tertiary/aromatic N) is 8. The monoisotopic (exact) mass is 538 g/mol. The molecular weight excluding hydrogens is 508 g/mol. The molecule has 3 saturated heterocycles. The van der Waals surface area contributed by atoms with Crippen molar-refractivity contribution in [2.24, 2.45) is 0 Å². The van der Waals surface area contributed by atoms with E-state index >= 15 is 0 Å². The van der Waals surface area contributed by atoms with Crippen LogP contribution in [-0.2, 0) is 6.54 Å². The minimum Gasteiger partial charge on any atom is -0.491 e. The molecule has 0 spiro atoms. The summed E-state index contributed by atoms with van der Waals surface area (Å²) in [7, 11) is 1.62. The van der Waals surface area contributed by atoms with Crippen LogP contribution in [0.2, 0.25) is 0 Å². The van der Waals surface area contributed by atoms with Gasteiger partial charge in [-0.25, -0.2) is 9.97 Å². The lowest BCUT2D eigenvalue weighted by Crippen LogP contribution is -2.68. The fourth-order valence-electron chi connectivity index (χ4n) is 5.40. The average molecular weight is 539 g/mol. The molecule has 11 nitrogen and oxygen atoms in total. The van der Waals surface area contributed by atoms with Crippen LogP contribution < -0.4 is 14.4 Å². The van der Waals surface area contributed by atoms with Gasteiger partial charge in [-0.3, -0.25) is 9.88 Å². The third-order valence-corrected chi connectivity index (χ3v) is 7.38. The summed E-state index contributed by atoms with van der Waals surface area (Å²) in [5.41, 5.74) is 2.35. The van der Waals surface area contributed by atoms with Crippen LogP contribution in [0.5, 0.6) is 11.6 Å². The van der Waals surface area contributed by atoms with E-state index in [1.807, 2.05) is 18.3 Å². The maximum atomic E-state index is 10.1. The number of pyridine rings is 1. The molecule has 3 aliphatic rings. The number of benzene rings is 1. The van der Waals surface area contributed by atoms with Crippen molar-refractivity contribution >= 4 is 16.7 Å². The van der Waals surface area contributed by atoms with E-state index in [1.165, 1.54) is 18.2 Å². The number of aromatic nitrogens is 5. The molecule has 3 aromatic heterocycles. The molecule has 1 N–H and O–H groups in total. The third kappa shape index (κ3) is 5.11. The van der Waals surface area contributed by atoms with Gasteiger partial charge in [0, 0.05) is 61.0 Å². The number of ether oxygens (including phenoxy) is 2. The van der Waals surface area contributed by atoms with E-state index in [2.05, 4.69) is 37.1 Å². The van der Waals surface area contributed by atoms with Gasteiger partial charge in [-0.05, 0) is 31.9 Å². The molecule has 3 aliphatic heterocycles. The Kier molecular flexibility index (Phi) is 6.65. The van der Waals surface area contributed by atoms with Gasteiger partial charge in [-0.2, -0.15) is 15.5 Å². The first kappa shape index (κ1) is 25.9. The summed E-state index contributed by atoms with van der Waals surface area (Å²) < 4.78 is 11.0. The fraction of sp³-hybridized carbons (Fsp3) is 0.379. The standard InChI is InChI=1S/C29H30N8O3/c1-29(2,38)17-40-22-7-23(28-19(9-30)11-34-35-24(28)8-22)25-12-32-26(13-31-25)36-15-20-6-21(16-36)37(20)14-18-4-5-27(39-3)33-10-18/h4-5,7-8,10-13,20-21,38H,6,14-17H2,1-3H3. The summed E-state index contributed by atoms with van der Waals surface area (Å²) in [4.78, 5) is 18.6. The molecule has 4 aromatic rings. The van der Waals surface area contributed by atoms with Gasteiger partial charge in [0.05, 0.1) is 48.1 Å². The van der Waals surface area contributed by atoms with Crippen LogP contribution in [-0.4, -0.2) is 79.6 Å². The summed E-state index contributed by atoms with van der Waals surface area (Å²) >= 11 is 0. The Balaban J connectivity index is 1.21. The zero-order valence-corrected chi connectivity index (χ0v) is 22.7. The Bertz CT molecular complexity index is 1550. The number of nitriles is 1. The molecule has 0 amide bonds. The second kappa shape index (κ2) is 10.3. The van der Waals surface area contributed by atoms with Crippen LogP contribution >= 0.6 is 0 Å². The van der Waals surface area contributed by atoms with Crippen molar-refractivity contribution in [3.63, 3.8) is 0 Å². The van der Waals surface area contributed by atoms with Crippen molar-refractivity contribution in [3.05, 3.63) is 60.2 Å². The van der Waals surface area contributed by atoms with E-state index in [0.29, 0.717) is 51.4 Å². The Morgan fingerprint density at radius 1 is 1.07 bits per heavy atom. The smallest absolute Gasteiger partial charge is 0.212 e. The summed E-state index contributed by atoms with van der Waals surface area (Å²) in [5, 5.41) is 28.7. The number of piperazine rings is 1. The summed E-state index contributed by atoms with van der Waals surface area (Å²) in [6.07, 6.45) is 8.01. The van der Waals surface area contributed by atoms with Gasteiger partial charge in [-0.15, -0.1) is 0 Å². The first-order chi connectivity index (χ1) is 19.3. The Morgan fingerprint density at radius 3 is 2.55 bits per heavy atom. The fourth-order valence-corrected chi connectivity index (χ4v) is 5.40. The van der Waals surface area contributed by atoms with E-state index in [1.54, 1.807) is 39.4 Å². The normalized spacial score (nSPS) is 18.7. The van der Waals surface area contributed by atoms with Gasteiger partial charge >= 0.3 is 0 Å². The zero-order chi connectivity index (χ0) is 27.9. The molecule has 11 heteroatoms. The third-order valence-electron chi connectivity index (χ3n) is 7.38. The van der Waals surface area contributed by atoms with E-state index < -0.39 is 5.60 Å². The van der Waals surface area contributed by atoms with Crippen LogP contribution in [0.1, 0.15) is 31.4 Å². The largest absolute Gasteiger partial charge is 0.491 e. The van der Waals surface area contributed by atoms with Gasteiger partial charge < -0.3 is 19.5 Å². The predicted octanol–water partition coefficient (Wildman–Crippen LogP) is 2.97. The molecule has 2 unspecified atom stereocenters. The predicted molar refractivity (Wildman–Crippen MR) is 148 cm³/mol. The molecule has 2 bridgehead atoms. The van der Waals surface area contributed by atoms with E-state index in [0.717, 1.165) is 25.5 Å². The highest BCUT2D eigenvalue weighted by Gasteiger charge is 2.44. The Hall–Kier alpha value is -4.40. The number of hydrogen-bond donors (Lipinski definition) is 1.